The number of benzene rings is 2. The minimum absolute atomic E-state index is 0.0394. The minimum atomic E-state index is -3.91. The predicted molar refractivity (Wildman–Crippen MR) is 116 cm³/mol. The van der Waals surface area contributed by atoms with Crippen molar-refractivity contribution in [2.45, 2.75) is 21.9 Å². The number of hydrogen-bond acceptors (Lipinski definition) is 5. The monoisotopic (exact) mass is 468 g/mol. The zero-order chi connectivity index (χ0) is 20.6. The standard InChI is InChI=1S/C19H17ClN2O4S3/c20-16-6-1-2-7-18(16)28(23,24)21-15-10-9-14-5-3-11-22(17(14)13-15)29(25,26)19-8-4-12-27-19/h1-2,4,6-10,12-13,21H,3,5,11H2. The van der Waals surface area contributed by atoms with Gasteiger partial charge in [-0.15, -0.1) is 11.3 Å². The molecule has 0 radical (unpaired) electrons. The maximum absolute atomic E-state index is 13.1. The molecule has 4 rings (SSSR count). The highest BCUT2D eigenvalue weighted by Crippen LogP contribution is 2.36. The topological polar surface area (TPSA) is 83.6 Å². The van der Waals surface area contributed by atoms with Crippen LogP contribution in [0.5, 0.6) is 0 Å². The van der Waals surface area contributed by atoms with E-state index in [1.165, 1.54) is 16.4 Å². The molecule has 0 bridgehead atoms. The molecule has 0 spiro atoms. The van der Waals surface area contributed by atoms with Crippen LogP contribution in [-0.4, -0.2) is 23.4 Å². The highest BCUT2D eigenvalue weighted by atomic mass is 35.5. The molecule has 0 fully saturated rings. The lowest BCUT2D eigenvalue weighted by molar-refractivity contribution is 0.588. The largest absolute Gasteiger partial charge is 0.280 e. The van der Waals surface area contributed by atoms with Gasteiger partial charge in [-0.25, -0.2) is 16.8 Å². The number of anilines is 2. The molecule has 2 aromatic carbocycles. The maximum Gasteiger partial charge on any atom is 0.273 e. The average molecular weight is 469 g/mol. The lowest BCUT2D eigenvalue weighted by Gasteiger charge is -2.30. The molecule has 1 aromatic heterocycles. The van der Waals surface area contributed by atoms with Crippen molar-refractivity contribution in [3.8, 4) is 0 Å². The van der Waals surface area contributed by atoms with E-state index in [4.69, 9.17) is 11.6 Å². The summed E-state index contributed by atoms with van der Waals surface area (Å²) in [4.78, 5) is -0.0394. The number of aryl methyl sites for hydroxylation is 1. The summed E-state index contributed by atoms with van der Waals surface area (Å²) in [5.41, 5.74) is 1.62. The SMILES string of the molecule is O=S(=O)(Nc1ccc2c(c1)N(S(=O)(=O)c1cccs1)CCC2)c1ccccc1Cl. The first-order valence-corrected chi connectivity index (χ1v) is 12.9. The normalized spacial score (nSPS) is 14.4. The van der Waals surface area contributed by atoms with Crippen LogP contribution in [0.4, 0.5) is 11.4 Å². The van der Waals surface area contributed by atoms with Crippen LogP contribution in [0.1, 0.15) is 12.0 Å². The smallest absolute Gasteiger partial charge is 0.273 e. The van der Waals surface area contributed by atoms with Gasteiger partial charge in [-0.05, 0) is 54.1 Å². The van der Waals surface area contributed by atoms with Crippen molar-refractivity contribution in [1.29, 1.82) is 0 Å². The van der Waals surface area contributed by atoms with Crippen LogP contribution < -0.4 is 9.03 Å². The Kier molecular flexibility index (Phi) is 5.32. The van der Waals surface area contributed by atoms with E-state index in [-0.39, 0.29) is 19.8 Å². The fourth-order valence-electron chi connectivity index (χ4n) is 3.25. The molecular formula is C19H17ClN2O4S3. The van der Waals surface area contributed by atoms with E-state index in [0.29, 0.717) is 18.7 Å². The van der Waals surface area contributed by atoms with E-state index in [2.05, 4.69) is 4.72 Å². The molecule has 1 aliphatic rings. The first-order valence-electron chi connectivity index (χ1n) is 8.75. The number of sulfonamides is 2. The molecule has 29 heavy (non-hydrogen) atoms. The summed E-state index contributed by atoms with van der Waals surface area (Å²) in [6.07, 6.45) is 1.42. The fourth-order valence-corrected chi connectivity index (χ4v) is 7.45. The third-order valence-electron chi connectivity index (χ3n) is 4.58. The number of fused-ring (bicyclic) bond motifs is 1. The zero-order valence-corrected chi connectivity index (χ0v) is 18.3. The van der Waals surface area contributed by atoms with E-state index in [0.717, 1.165) is 23.3 Å². The Bertz CT molecular complexity index is 1260. The lowest BCUT2D eigenvalue weighted by atomic mass is 10.0. The number of nitrogens with one attached hydrogen (secondary N) is 1. The quantitative estimate of drug-likeness (QED) is 0.603. The van der Waals surface area contributed by atoms with Crippen molar-refractivity contribution < 1.29 is 16.8 Å². The molecule has 0 amide bonds. The van der Waals surface area contributed by atoms with Crippen LogP contribution in [0.15, 0.2) is 69.1 Å². The van der Waals surface area contributed by atoms with Crippen LogP contribution in [0.2, 0.25) is 5.02 Å². The Morgan fingerprint density at radius 2 is 1.79 bits per heavy atom. The summed E-state index contributed by atoms with van der Waals surface area (Å²) >= 11 is 7.18. The van der Waals surface area contributed by atoms with Crippen molar-refractivity contribution in [3.05, 3.63) is 70.6 Å². The Labute approximate surface area is 178 Å². The number of thiophene rings is 1. The van der Waals surface area contributed by atoms with Crippen molar-refractivity contribution in [3.63, 3.8) is 0 Å². The summed E-state index contributed by atoms with van der Waals surface area (Å²) in [6.45, 7) is 0.341. The van der Waals surface area contributed by atoms with Crippen molar-refractivity contribution in [2.75, 3.05) is 15.6 Å². The number of nitrogens with zero attached hydrogens (tertiary/aromatic N) is 1. The molecule has 0 aliphatic carbocycles. The second kappa shape index (κ2) is 7.64. The van der Waals surface area contributed by atoms with Gasteiger partial charge in [0, 0.05) is 6.54 Å². The van der Waals surface area contributed by atoms with Gasteiger partial charge in [0.15, 0.2) is 0 Å². The number of hydrogen-bond donors (Lipinski definition) is 1. The number of rotatable bonds is 5. The van der Waals surface area contributed by atoms with Gasteiger partial charge in [-0.2, -0.15) is 0 Å². The third kappa shape index (κ3) is 3.87. The molecule has 1 aliphatic heterocycles. The molecule has 0 atom stereocenters. The van der Waals surface area contributed by atoms with Crippen LogP contribution in [0.25, 0.3) is 0 Å². The molecule has 1 N–H and O–H groups in total. The molecule has 2 heterocycles. The summed E-state index contributed by atoms with van der Waals surface area (Å²) in [5.74, 6) is 0. The van der Waals surface area contributed by atoms with E-state index in [9.17, 15) is 16.8 Å². The molecule has 0 unspecified atom stereocenters. The maximum atomic E-state index is 13.1. The van der Waals surface area contributed by atoms with Gasteiger partial charge in [0.05, 0.1) is 16.4 Å². The van der Waals surface area contributed by atoms with Crippen molar-refractivity contribution in [1.82, 2.24) is 0 Å². The third-order valence-corrected chi connectivity index (χ3v) is 9.65. The second-order valence-electron chi connectivity index (χ2n) is 6.49. The van der Waals surface area contributed by atoms with Gasteiger partial charge < -0.3 is 0 Å². The van der Waals surface area contributed by atoms with E-state index < -0.39 is 20.0 Å². The molecule has 0 saturated carbocycles. The van der Waals surface area contributed by atoms with Crippen molar-refractivity contribution >= 4 is 54.4 Å². The highest BCUT2D eigenvalue weighted by molar-refractivity contribution is 7.94. The van der Waals surface area contributed by atoms with Crippen LogP contribution in [-0.2, 0) is 26.5 Å². The molecule has 6 nitrogen and oxygen atoms in total. The van der Waals surface area contributed by atoms with E-state index in [1.807, 2.05) is 0 Å². The number of halogens is 1. The van der Waals surface area contributed by atoms with Crippen LogP contribution in [0.3, 0.4) is 0 Å². The van der Waals surface area contributed by atoms with Gasteiger partial charge in [0.25, 0.3) is 20.0 Å². The Balaban J connectivity index is 1.72. The first kappa shape index (κ1) is 20.2. The fraction of sp³-hybridized carbons (Fsp3) is 0.158. The Hall–Kier alpha value is -2.07. The first-order chi connectivity index (χ1) is 13.8. The molecule has 10 heteroatoms. The predicted octanol–water partition coefficient (Wildman–Crippen LogP) is 4.34. The van der Waals surface area contributed by atoms with Gasteiger partial charge >= 0.3 is 0 Å². The zero-order valence-electron chi connectivity index (χ0n) is 15.1. The summed E-state index contributed by atoms with van der Waals surface area (Å²) in [5, 5.41) is 1.83. The molecule has 0 saturated heterocycles. The Morgan fingerprint density at radius 1 is 1.00 bits per heavy atom. The molecule has 3 aromatic rings. The van der Waals surface area contributed by atoms with E-state index in [1.54, 1.807) is 47.8 Å². The Morgan fingerprint density at radius 3 is 2.52 bits per heavy atom. The van der Waals surface area contributed by atoms with E-state index >= 15 is 0 Å². The van der Waals surface area contributed by atoms with Crippen LogP contribution in [0, 0.1) is 0 Å². The van der Waals surface area contributed by atoms with Gasteiger partial charge in [-0.3, -0.25) is 9.03 Å². The second-order valence-corrected chi connectivity index (χ2v) is 11.6. The highest BCUT2D eigenvalue weighted by Gasteiger charge is 2.30. The molecular weight excluding hydrogens is 452 g/mol. The van der Waals surface area contributed by atoms with Gasteiger partial charge in [-0.1, -0.05) is 35.9 Å². The molecule has 152 valence electrons. The van der Waals surface area contributed by atoms with Crippen molar-refractivity contribution in [2.24, 2.45) is 0 Å². The lowest BCUT2D eigenvalue weighted by Crippen LogP contribution is -2.35. The minimum Gasteiger partial charge on any atom is -0.280 e. The summed E-state index contributed by atoms with van der Waals surface area (Å²) < 4.78 is 55.7. The average Bonchev–Trinajstić information content (AvgIpc) is 3.23. The van der Waals surface area contributed by atoms with Gasteiger partial charge in [0.1, 0.15) is 9.10 Å². The summed E-state index contributed by atoms with van der Waals surface area (Å²) in [7, 11) is -7.61. The van der Waals surface area contributed by atoms with Gasteiger partial charge in [0.2, 0.25) is 0 Å². The summed E-state index contributed by atoms with van der Waals surface area (Å²) in [6, 6.07) is 14.4. The van der Waals surface area contributed by atoms with Crippen LogP contribution >= 0.6 is 22.9 Å².